The zero-order valence-electron chi connectivity index (χ0n) is 16.4. The number of thiazole rings is 1. The van der Waals surface area contributed by atoms with E-state index in [9.17, 15) is 9.59 Å². The normalized spacial score (nSPS) is 11.4. The van der Waals surface area contributed by atoms with Crippen LogP contribution >= 0.6 is 11.3 Å². The molecule has 2 rings (SSSR count). The number of nitriles is 1. The van der Waals surface area contributed by atoms with E-state index in [0.717, 1.165) is 4.90 Å². The van der Waals surface area contributed by atoms with E-state index in [2.05, 4.69) is 15.6 Å². The van der Waals surface area contributed by atoms with Crippen LogP contribution in [0.1, 0.15) is 30.6 Å². The lowest BCUT2D eigenvalue weighted by molar-refractivity contribution is -0.129. The van der Waals surface area contributed by atoms with Crippen molar-refractivity contribution in [2.24, 2.45) is 11.7 Å². The number of guanidine groups is 1. The summed E-state index contributed by atoms with van der Waals surface area (Å²) in [5.74, 6) is -0.910. The molecule has 0 aliphatic heterocycles. The van der Waals surface area contributed by atoms with Crippen LogP contribution in [0.25, 0.3) is 11.3 Å². The third kappa shape index (κ3) is 6.02. The summed E-state index contributed by atoms with van der Waals surface area (Å²) in [4.78, 5) is 30.4. The number of carbonyl (C=O) groups is 2. The van der Waals surface area contributed by atoms with Gasteiger partial charge in [0, 0.05) is 23.6 Å². The highest BCUT2D eigenvalue weighted by Crippen LogP contribution is 2.25. The summed E-state index contributed by atoms with van der Waals surface area (Å²) in [5.41, 5.74) is 7.03. The molecular formula is C19H23N7O2S. The Hall–Kier alpha value is -3.45. The van der Waals surface area contributed by atoms with E-state index in [1.165, 1.54) is 18.4 Å². The predicted octanol–water partition coefficient (Wildman–Crippen LogP) is 2.20. The molecule has 0 spiro atoms. The fourth-order valence-corrected chi connectivity index (χ4v) is 3.35. The van der Waals surface area contributed by atoms with Crippen molar-refractivity contribution in [1.29, 1.82) is 10.7 Å². The molecule has 152 valence electrons. The van der Waals surface area contributed by atoms with Gasteiger partial charge in [-0.15, -0.1) is 11.3 Å². The summed E-state index contributed by atoms with van der Waals surface area (Å²) in [6.07, 6.45) is 2.19. The smallest absolute Gasteiger partial charge is 0.257 e. The molecule has 2 aromatic rings. The number of hydrogen-bond acceptors (Lipinski definition) is 6. The Balaban J connectivity index is 2.21. The highest BCUT2D eigenvalue weighted by Gasteiger charge is 2.25. The van der Waals surface area contributed by atoms with Crippen LogP contribution in [-0.4, -0.2) is 40.7 Å². The van der Waals surface area contributed by atoms with Crippen molar-refractivity contribution in [2.75, 3.05) is 12.4 Å². The van der Waals surface area contributed by atoms with Crippen LogP contribution < -0.4 is 16.4 Å². The minimum atomic E-state index is -0.790. The molecule has 1 heterocycles. The average molecular weight is 414 g/mol. The summed E-state index contributed by atoms with van der Waals surface area (Å²) < 4.78 is 0. The van der Waals surface area contributed by atoms with Crippen molar-refractivity contribution in [1.82, 2.24) is 15.2 Å². The summed E-state index contributed by atoms with van der Waals surface area (Å²) in [6.45, 7) is 3.88. The number of nitrogens with one attached hydrogen (secondary N) is 3. The Morgan fingerprint density at radius 1 is 1.41 bits per heavy atom. The fraction of sp³-hybridized carbons (Fsp3) is 0.316. The van der Waals surface area contributed by atoms with Gasteiger partial charge in [-0.3, -0.25) is 19.9 Å². The summed E-state index contributed by atoms with van der Waals surface area (Å²) in [7, 11) is 1.37. The van der Waals surface area contributed by atoms with Gasteiger partial charge in [-0.25, -0.2) is 4.98 Å². The second-order valence-electron chi connectivity index (χ2n) is 6.81. The first-order valence-electron chi connectivity index (χ1n) is 8.86. The molecule has 1 atom stereocenters. The minimum absolute atomic E-state index is 0.157. The Kier molecular flexibility index (Phi) is 7.27. The van der Waals surface area contributed by atoms with E-state index in [0.29, 0.717) is 28.4 Å². The molecule has 1 aromatic carbocycles. The number of rotatable bonds is 7. The van der Waals surface area contributed by atoms with Gasteiger partial charge < -0.3 is 16.4 Å². The SMILES string of the molecule is CC(C)CC(NC(=O)c1cccc(-c2csc(NC(=N)N)n2)c1)C(=O)N(C)C#N. The highest BCUT2D eigenvalue weighted by molar-refractivity contribution is 7.14. The molecule has 0 radical (unpaired) electrons. The molecule has 9 nitrogen and oxygen atoms in total. The highest BCUT2D eigenvalue weighted by atomic mass is 32.1. The Bertz CT molecular complexity index is 948. The van der Waals surface area contributed by atoms with Crippen LogP contribution in [0.5, 0.6) is 0 Å². The van der Waals surface area contributed by atoms with Crippen LogP contribution in [0.2, 0.25) is 0 Å². The van der Waals surface area contributed by atoms with Gasteiger partial charge in [0.1, 0.15) is 6.04 Å². The van der Waals surface area contributed by atoms with Crippen molar-refractivity contribution >= 4 is 34.2 Å². The number of nitrogens with two attached hydrogens (primary N) is 1. The molecule has 0 fully saturated rings. The van der Waals surface area contributed by atoms with Crippen molar-refractivity contribution in [3.8, 4) is 17.5 Å². The van der Waals surface area contributed by atoms with Crippen molar-refractivity contribution in [3.05, 3.63) is 35.2 Å². The number of benzene rings is 1. The van der Waals surface area contributed by atoms with Gasteiger partial charge >= 0.3 is 0 Å². The largest absolute Gasteiger partial charge is 0.370 e. The summed E-state index contributed by atoms with van der Waals surface area (Å²) in [5, 5.41) is 23.8. The Morgan fingerprint density at radius 2 is 2.14 bits per heavy atom. The number of likely N-dealkylation sites (N-methyl/N-ethyl adjacent to an activating group) is 1. The maximum atomic E-state index is 12.7. The minimum Gasteiger partial charge on any atom is -0.370 e. The monoisotopic (exact) mass is 413 g/mol. The molecular weight excluding hydrogens is 390 g/mol. The predicted molar refractivity (Wildman–Crippen MR) is 112 cm³/mol. The third-order valence-electron chi connectivity index (χ3n) is 3.96. The number of hydrogen-bond donors (Lipinski definition) is 4. The number of anilines is 1. The van der Waals surface area contributed by atoms with E-state index in [4.69, 9.17) is 16.4 Å². The van der Waals surface area contributed by atoms with E-state index in [-0.39, 0.29) is 11.9 Å². The first-order valence-corrected chi connectivity index (χ1v) is 9.74. The molecule has 1 unspecified atom stereocenters. The van der Waals surface area contributed by atoms with Gasteiger partial charge in [-0.05, 0) is 24.5 Å². The van der Waals surface area contributed by atoms with Gasteiger partial charge in [0.15, 0.2) is 17.3 Å². The van der Waals surface area contributed by atoms with Crippen molar-refractivity contribution < 1.29 is 9.59 Å². The molecule has 0 bridgehead atoms. The fourth-order valence-electron chi connectivity index (χ4n) is 2.62. The molecule has 0 saturated heterocycles. The van der Waals surface area contributed by atoms with Crippen LogP contribution in [0.15, 0.2) is 29.6 Å². The van der Waals surface area contributed by atoms with Crippen LogP contribution in [0.4, 0.5) is 5.13 Å². The molecule has 10 heteroatoms. The third-order valence-corrected chi connectivity index (χ3v) is 4.72. The quantitative estimate of drug-likeness (QED) is 0.237. The van der Waals surface area contributed by atoms with Crippen LogP contribution in [-0.2, 0) is 4.79 Å². The molecule has 0 saturated carbocycles. The first kappa shape index (κ1) is 21.8. The summed E-state index contributed by atoms with van der Waals surface area (Å²) >= 11 is 1.29. The van der Waals surface area contributed by atoms with E-state index in [1.54, 1.807) is 29.8 Å². The lowest BCUT2D eigenvalue weighted by atomic mass is 10.0. The van der Waals surface area contributed by atoms with Crippen molar-refractivity contribution in [3.63, 3.8) is 0 Å². The van der Waals surface area contributed by atoms with Gasteiger partial charge in [0.05, 0.1) is 5.69 Å². The number of aromatic nitrogens is 1. The average Bonchev–Trinajstić information content (AvgIpc) is 3.13. The van der Waals surface area contributed by atoms with Gasteiger partial charge in [0.2, 0.25) is 0 Å². The molecule has 1 aromatic heterocycles. The Morgan fingerprint density at radius 3 is 2.76 bits per heavy atom. The second kappa shape index (κ2) is 9.66. The van der Waals surface area contributed by atoms with E-state index < -0.39 is 17.9 Å². The van der Waals surface area contributed by atoms with Crippen LogP contribution in [0, 0.1) is 22.8 Å². The van der Waals surface area contributed by atoms with E-state index in [1.807, 2.05) is 19.9 Å². The van der Waals surface area contributed by atoms with Gasteiger partial charge in [0.25, 0.3) is 11.8 Å². The van der Waals surface area contributed by atoms with Crippen LogP contribution in [0.3, 0.4) is 0 Å². The topological polar surface area (TPSA) is 148 Å². The maximum Gasteiger partial charge on any atom is 0.257 e. The van der Waals surface area contributed by atoms with Gasteiger partial charge in [-0.1, -0.05) is 26.0 Å². The lowest BCUT2D eigenvalue weighted by Crippen LogP contribution is -2.46. The zero-order chi connectivity index (χ0) is 21.6. The van der Waals surface area contributed by atoms with Crippen molar-refractivity contribution in [2.45, 2.75) is 26.3 Å². The van der Waals surface area contributed by atoms with E-state index >= 15 is 0 Å². The zero-order valence-corrected chi connectivity index (χ0v) is 17.2. The molecule has 29 heavy (non-hydrogen) atoms. The summed E-state index contributed by atoms with van der Waals surface area (Å²) in [6, 6.07) is 6.06. The number of amides is 2. The maximum absolute atomic E-state index is 12.7. The lowest BCUT2D eigenvalue weighted by Gasteiger charge is -2.21. The number of nitrogens with zero attached hydrogens (tertiary/aromatic N) is 3. The Labute approximate surface area is 173 Å². The molecule has 0 aliphatic rings. The second-order valence-corrected chi connectivity index (χ2v) is 7.67. The first-order chi connectivity index (χ1) is 13.7. The molecule has 5 N–H and O–H groups in total. The number of carbonyl (C=O) groups excluding carboxylic acids is 2. The molecule has 2 amide bonds. The standard InChI is InChI=1S/C19H23N7O2S/c1-11(2)7-14(17(28)26(3)10-20)23-16(27)13-6-4-5-12(8-13)15-9-29-19(24-15)25-18(21)22/h4-6,8-9,11,14H,7H2,1-3H3,(H,23,27)(H4,21,22,24,25). The van der Waals surface area contributed by atoms with Gasteiger partial charge in [-0.2, -0.15) is 5.26 Å². The molecule has 0 aliphatic carbocycles.